The van der Waals surface area contributed by atoms with Crippen molar-refractivity contribution in [1.82, 2.24) is 9.97 Å². The van der Waals surface area contributed by atoms with Gasteiger partial charge in [0.2, 0.25) is 5.95 Å². The van der Waals surface area contributed by atoms with E-state index < -0.39 is 0 Å². The lowest BCUT2D eigenvalue weighted by Gasteiger charge is -2.15. The molecule has 0 amide bonds. The first-order chi connectivity index (χ1) is 10.0. The Labute approximate surface area is 146 Å². The van der Waals surface area contributed by atoms with Crippen LogP contribution in [0.1, 0.15) is 18.1 Å². The van der Waals surface area contributed by atoms with Crippen molar-refractivity contribution in [3.05, 3.63) is 30.9 Å². The second kappa shape index (κ2) is 5.78. The standard InChI is InChI=1S/C14H12Cl2IN3O/c1-2-6-11(19-14(18)20-13(6)17)10-7-3-4-21-12(7)9(16)5-8(10)15/h5H,2-4H2,1H3,(H2,18,19,20). The van der Waals surface area contributed by atoms with E-state index in [9.17, 15) is 0 Å². The lowest BCUT2D eigenvalue weighted by atomic mass is 9.98. The van der Waals surface area contributed by atoms with Crippen molar-refractivity contribution in [2.45, 2.75) is 19.8 Å². The number of hydrogen-bond acceptors (Lipinski definition) is 4. The molecular weight excluding hydrogens is 424 g/mol. The molecule has 1 aromatic carbocycles. The number of nitrogens with zero attached hydrogens (tertiary/aromatic N) is 2. The second-order valence-electron chi connectivity index (χ2n) is 4.67. The molecule has 2 aromatic rings. The Morgan fingerprint density at radius 3 is 2.81 bits per heavy atom. The van der Waals surface area contributed by atoms with Gasteiger partial charge in [-0.3, -0.25) is 0 Å². The summed E-state index contributed by atoms with van der Waals surface area (Å²) in [6, 6.07) is 1.70. The highest BCUT2D eigenvalue weighted by atomic mass is 127. The zero-order valence-electron chi connectivity index (χ0n) is 11.2. The van der Waals surface area contributed by atoms with Gasteiger partial charge in [0.25, 0.3) is 0 Å². The minimum absolute atomic E-state index is 0.241. The van der Waals surface area contributed by atoms with Crippen LogP contribution in [-0.4, -0.2) is 16.6 Å². The van der Waals surface area contributed by atoms with E-state index in [2.05, 4.69) is 39.5 Å². The molecule has 0 aliphatic carbocycles. The van der Waals surface area contributed by atoms with Gasteiger partial charge < -0.3 is 10.5 Å². The number of fused-ring (bicyclic) bond motifs is 1. The first-order valence-electron chi connectivity index (χ1n) is 6.48. The smallest absolute Gasteiger partial charge is 0.221 e. The Hall–Kier alpha value is -0.790. The van der Waals surface area contributed by atoms with E-state index >= 15 is 0 Å². The molecule has 0 atom stereocenters. The molecule has 0 radical (unpaired) electrons. The SMILES string of the molecule is CCc1c(I)nc(N)nc1-c1c(Cl)cc(Cl)c2c1CCO2. The summed E-state index contributed by atoms with van der Waals surface area (Å²) in [6.45, 7) is 2.66. The summed E-state index contributed by atoms with van der Waals surface area (Å²) >= 11 is 14.8. The summed E-state index contributed by atoms with van der Waals surface area (Å²) in [5, 5.41) is 1.10. The van der Waals surface area contributed by atoms with E-state index in [0.717, 1.165) is 38.9 Å². The molecule has 1 aliphatic heterocycles. The van der Waals surface area contributed by atoms with Crippen molar-refractivity contribution >= 4 is 51.7 Å². The van der Waals surface area contributed by atoms with Crippen LogP contribution >= 0.6 is 45.8 Å². The van der Waals surface area contributed by atoms with Gasteiger partial charge in [0.1, 0.15) is 9.45 Å². The number of benzene rings is 1. The molecule has 7 heteroatoms. The Morgan fingerprint density at radius 1 is 1.33 bits per heavy atom. The molecule has 2 heterocycles. The maximum absolute atomic E-state index is 6.44. The molecule has 0 unspecified atom stereocenters. The van der Waals surface area contributed by atoms with E-state index in [1.807, 2.05) is 0 Å². The number of hydrogen-bond donors (Lipinski definition) is 1. The van der Waals surface area contributed by atoms with E-state index in [4.69, 9.17) is 33.7 Å². The fourth-order valence-corrected chi connectivity index (χ4v) is 4.08. The van der Waals surface area contributed by atoms with Gasteiger partial charge in [-0.1, -0.05) is 30.1 Å². The second-order valence-corrected chi connectivity index (χ2v) is 6.51. The number of ether oxygens (including phenoxy) is 1. The molecule has 3 rings (SSSR count). The zero-order chi connectivity index (χ0) is 15.1. The predicted octanol–water partition coefficient (Wildman–Crippen LogP) is 4.13. The molecule has 2 N–H and O–H groups in total. The van der Waals surface area contributed by atoms with Crippen LogP contribution in [-0.2, 0) is 12.8 Å². The summed E-state index contributed by atoms with van der Waals surface area (Å²) in [7, 11) is 0. The normalized spacial score (nSPS) is 13.1. The predicted molar refractivity (Wildman–Crippen MR) is 93.2 cm³/mol. The van der Waals surface area contributed by atoms with Gasteiger partial charge in [-0.05, 0) is 35.1 Å². The molecule has 0 saturated heterocycles. The van der Waals surface area contributed by atoms with Gasteiger partial charge in [-0.2, -0.15) is 0 Å². The van der Waals surface area contributed by atoms with Crippen molar-refractivity contribution in [2.75, 3.05) is 12.3 Å². The van der Waals surface area contributed by atoms with Crippen LogP contribution in [0.4, 0.5) is 5.95 Å². The molecule has 21 heavy (non-hydrogen) atoms. The number of anilines is 1. The molecule has 0 spiro atoms. The van der Waals surface area contributed by atoms with E-state index in [1.54, 1.807) is 6.07 Å². The Morgan fingerprint density at radius 2 is 2.10 bits per heavy atom. The lowest BCUT2D eigenvalue weighted by Crippen LogP contribution is -2.05. The van der Waals surface area contributed by atoms with Crippen molar-refractivity contribution in [3.8, 4) is 17.0 Å². The van der Waals surface area contributed by atoms with Gasteiger partial charge in [-0.15, -0.1) is 0 Å². The number of nitrogens with two attached hydrogens (primary N) is 1. The summed E-state index contributed by atoms with van der Waals surface area (Å²) in [6.07, 6.45) is 1.55. The van der Waals surface area contributed by atoms with E-state index in [1.165, 1.54) is 0 Å². The third-order valence-corrected chi connectivity index (χ3v) is 4.92. The first-order valence-corrected chi connectivity index (χ1v) is 8.32. The van der Waals surface area contributed by atoms with Crippen LogP contribution in [0.25, 0.3) is 11.3 Å². The molecule has 1 aliphatic rings. The number of rotatable bonds is 2. The van der Waals surface area contributed by atoms with Crippen LogP contribution in [0.2, 0.25) is 10.0 Å². The van der Waals surface area contributed by atoms with E-state index in [0.29, 0.717) is 22.4 Å². The Balaban J connectivity index is 2.34. The lowest BCUT2D eigenvalue weighted by molar-refractivity contribution is 0.357. The van der Waals surface area contributed by atoms with Crippen LogP contribution in [0.5, 0.6) is 5.75 Å². The molecule has 4 nitrogen and oxygen atoms in total. The van der Waals surface area contributed by atoms with Crippen molar-refractivity contribution in [1.29, 1.82) is 0 Å². The average molecular weight is 436 g/mol. The Kier molecular flexibility index (Phi) is 4.16. The first kappa shape index (κ1) is 15.1. The Bertz CT molecular complexity index is 737. The molecule has 1 aromatic heterocycles. The highest BCUT2D eigenvalue weighted by molar-refractivity contribution is 14.1. The van der Waals surface area contributed by atoms with Crippen LogP contribution in [0, 0.1) is 3.70 Å². The molecular formula is C14H12Cl2IN3O. The number of nitrogen functional groups attached to an aromatic ring is 1. The average Bonchev–Trinajstić information content (AvgIpc) is 2.87. The van der Waals surface area contributed by atoms with Crippen LogP contribution in [0.15, 0.2) is 6.07 Å². The van der Waals surface area contributed by atoms with Gasteiger partial charge in [-0.25, -0.2) is 9.97 Å². The number of aromatic nitrogens is 2. The third-order valence-electron chi connectivity index (χ3n) is 3.45. The molecule has 0 fully saturated rings. The van der Waals surface area contributed by atoms with Crippen molar-refractivity contribution in [2.24, 2.45) is 0 Å². The fraction of sp³-hybridized carbons (Fsp3) is 0.286. The third kappa shape index (κ3) is 2.55. The summed E-state index contributed by atoms with van der Waals surface area (Å²) < 4.78 is 6.46. The summed E-state index contributed by atoms with van der Waals surface area (Å²) in [4.78, 5) is 8.65. The maximum atomic E-state index is 6.44. The van der Waals surface area contributed by atoms with Gasteiger partial charge in [0, 0.05) is 23.1 Å². The van der Waals surface area contributed by atoms with Crippen LogP contribution in [0.3, 0.4) is 0 Å². The number of halogens is 3. The zero-order valence-corrected chi connectivity index (χ0v) is 14.9. The minimum atomic E-state index is 0.241. The topological polar surface area (TPSA) is 61.0 Å². The largest absolute Gasteiger partial charge is 0.491 e. The molecule has 0 bridgehead atoms. The maximum Gasteiger partial charge on any atom is 0.221 e. The minimum Gasteiger partial charge on any atom is -0.491 e. The highest BCUT2D eigenvalue weighted by Gasteiger charge is 2.26. The summed E-state index contributed by atoms with van der Waals surface area (Å²) in [5.74, 6) is 0.940. The molecule has 110 valence electrons. The fourth-order valence-electron chi connectivity index (χ4n) is 2.55. The quantitative estimate of drug-likeness (QED) is 0.569. The van der Waals surface area contributed by atoms with Crippen molar-refractivity contribution < 1.29 is 4.74 Å². The van der Waals surface area contributed by atoms with Crippen molar-refractivity contribution in [3.63, 3.8) is 0 Å². The summed E-state index contributed by atoms with van der Waals surface area (Å²) in [5.41, 5.74) is 9.48. The highest BCUT2D eigenvalue weighted by Crippen LogP contribution is 2.45. The molecule has 0 saturated carbocycles. The monoisotopic (exact) mass is 435 g/mol. The van der Waals surface area contributed by atoms with Crippen LogP contribution < -0.4 is 10.5 Å². The van der Waals surface area contributed by atoms with Gasteiger partial charge in [0.15, 0.2) is 0 Å². The van der Waals surface area contributed by atoms with E-state index in [-0.39, 0.29) is 5.95 Å². The van der Waals surface area contributed by atoms with Gasteiger partial charge in [0.05, 0.1) is 22.3 Å². The van der Waals surface area contributed by atoms with Gasteiger partial charge >= 0.3 is 0 Å².